The zero-order chi connectivity index (χ0) is 18.5. The van der Waals surface area contributed by atoms with E-state index in [4.69, 9.17) is 4.52 Å². The predicted molar refractivity (Wildman–Crippen MR) is 101 cm³/mol. The molecule has 8 nitrogen and oxygen atoms in total. The Kier molecular flexibility index (Phi) is 4.78. The number of hydrogen-bond donors (Lipinski definition) is 2. The van der Waals surface area contributed by atoms with Gasteiger partial charge in [0.05, 0.1) is 6.42 Å². The molecule has 27 heavy (non-hydrogen) atoms. The van der Waals surface area contributed by atoms with E-state index in [0.717, 1.165) is 11.2 Å². The maximum absolute atomic E-state index is 12.1. The SMILES string of the molecule is O=C(Cc1noc2ccccc12)NCCNc1cc(-n2cccc2)ncn1. The number of nitrogens with zero attached hydrogens (tertiary/aromatic N) is 4. The molecule has 0 atom stereocenters. The van der Waals surface area contributed by atoms with Crippen molar-refractivity contribution in [3.8, 4) is 5.82 Å². The first-order valence-electron chi connectivity index (χ1n) is 8.59. The minimum absolute atomic E-state index is 0.105. The molecule has 0 unspecified atom stereocenters. The van der Waals surface area contributed by atoms with Crippen molar-refractivity contribution in [2.45, 2.75) is 6.42 Å². The van der Waals surface area contributed by atoms with Gasteiger partial charge in [0.1, 0.15) is 23.7 Å². The van der Waals surface area contributed by atoms with Crippen LogP contribution >= 0.6 is 0 Å². The average Bonchev–Trinajstić information content (AvgIpc) is 3.36. The van der Waals surface area contributed by atoms with E-state index < -0.39 is 0 Å². The number of hydrogen-bond acceptors (Lipinski definition) is 6. The highest BCUT2D eigenvalue weighted by molar-refractivity contribution is 5.86. The van der Waals surface area contributed by atoms with Gasteiger partial charge in [-0.3, -0.25) is 4.79 Å². The molecule has 4 aromatic rings. The summed E-state index contributed by atoms with van der Waals surface area (Å²) in [7, 11) is 0. The molecule has 2 N–H and O–H groups in total. The van der Waals surface area contributed by atoms with E-state index in [1.165, 1.54) is 6.33 Å². The average molecular weight is 362 g/mol. The Morgan fingerprint density at radius 1 is 1.07 bits per heavy atom. The van der Waals surface area contributed by atoms with Crippen LogP contribution in [0.4, 0.5) is 5.82 Å². The van der Waals surface area contributed by atoms with Gasteiger partial charge in [0.2, 0.25) is 5.91 Å². The van der Waals surface area contributed by atoms with E-state index in [9.17, 15) is 4.79 Å². The summed E-state index contributed by atoms with van der Waals surface area (Å²) in [6, 6.07) is 13.2. The molecule has 8 heteroatoms. The number of benzene rings is 1. The lowest BCUT2D eigenvalue weighted by Gasteiger charge is -2.08. The van der Waals surface area contributed by atoms with Crippen molar-refractivity contribution in [3.63, 3.8) is 0 Å². The first-order valence-corrected chi connectivity index (χ1v) is 8.59. The molecule has 3 aromatic heterocycles. The molecule has 0 fully saturated rings. The lowest BCUT2D eigenvalue weighted by Crippen LogP contribution is -2.30. The number of fused-ring (bicyclic) bond motifs is 1. The summed E-state index contributed by atoms with van der Waals surface area (Å²) in [6.45, 7) is 1.02. The normalized spacial score (nSPS) is 10.8. The number of nitrogens with one attached hydrogen (secondary N) is 2. The van der Waals surface area contributed by atoms with Crippen molar-refractivity contribution >= 4 is 22.7 Å². The van der Waals surface area contributed by atoms with E-state index in [-0.39, 0.29) is 12.3 Å². The van der Waals surface area contributed by atoms with Crippen molar-refractivity contribution in [1.82, 2.24) is 25.0 Å². The maximum atomic E-state index is 12.1. The van der Waals surface area contributed by atoms with Gasteiger partial charge >= 0.3 is 0 Å². The molecule has 1 amide bonds. The molecule has 3 heterocycles. The van der Waals surface area contributed by atoms with Gasteiger partial charge in [-0.1, -0.05) is 17.3 Å². The summed E-state index contributed by atoms with van der Waals surface area (Å²) in [5.74, 6) is 1.37. The standard InChI is InChI=1S/C19H18N6O2/c26-19(11-15-14-5-1-2-6-16(14)27-24-15)21-8-7-20-17-12-18(23-13-22-17)25-9-3-4-10-25/h1-6,9-10,12-13H,7-8,11H2,(H,21,26)(H,20,22,23). The molecule has 0 saturated heterocycles. The number of rotatable bonds is 7. The van der Waals surface area contributed by atoms with Crippen LogP contribution in [0.1, 0.15) is 5.69 Å². The molecule has 0 aliphatic rings. The summed E-state index contributed by atoms with van der Waals surface area (Å²) in [5.41, 5.74) is 1.33. The van der Waals surface area contributed by atoms with E-state index in [1.807, 2.05) is 59.4 Å². The number of aromatic nitrogens is 4. The molecular weight excluding hydrogens is 344 g/mol. The largest absolute Gasteiger partial charge is 0.368 e. The second kappa shape index (κ2) is 7.69. The van der Waals surface area contributed by atoms with Crippen LogP contribution in [0.3, 0.4) is 0 Å². The van der Waals surface area contributed by atoms with Crippen LogP contribution in [0.5, 0.6) is 0 Å². The van der Waals surface area contributed by atoms with Gasteiger partial charge in [0.15, 0.2) is 5.58 Å². The van der Waals surface area contributed by atoms with Crippen LogP contribution in [-0.2, 0) is 11.2 Å². The molecule has 1 aromatic carbocycles. The Hall–Kier alpha value is -3.68. The summed E-state index contributed by atoms with van der Waals surface area (Å²) in [6.07, 6.45) is 5.52. The lowest BCUT2D eigenvalue weighted by atomic mass is 10.1. The third kappa shape index (κ3) is 3.95. The van der Waals surface area contributed by atoms with Crippen molar-refractivity contribution in [3.05, 3.63) is 66.9 Å². The molecule has 4 rings (SSSR count). The molecule has 0 bridgehead atoms. The molecule has 0 spiro atoms. The van der Waals surface area contributed by atoms with E-state index >= 15 is 0 Å². The highest BCUT2D eigenvalue weighted by Gasteiger charge is 2.11. The quantitative estimate of drug-likeness (QED) is 0.489. The molecule has 136 valence electrons. The number of amides is 1. The smallest absolute Gasteiger partial charge is 0.226 e. The number of carbonyl (C=O) groups is 1. The van der Waals surface area contributed by atoms with Crippen LogP contribution in [-0.4, -0.2) is 38.7 Å². The second-order valence-corrected chi connectivity index (χ2v) is 5.93. The van der Waals surface area contributed by atoms with Crippen molar-refractivity contribution in [2.75, 3.05) is 18.4 Å². The third-order valence-corrected chi connectivity index (χ3v) is 4.06. The van der Waals surface area contributed by atoms with Gasteiger partial charge in [0, 0.05) is 36.9 Å². The zero-order valence-corrected chi connectivity index (χ0v) is 14.5. The van der Waals surface area contributed by atoms with Gasteiger partial charge in [0.25, 0.3) is 0 Å². The molecule has 0 aliphatic carbocycles. The lowest BCUT2D eigenvalue weighted by molar-refractivity contribution is -0.120. The van der Waals surface area contributed by atoms with Crippen molar-refractivity contribution in [2.24, 2.45) is 0 Å². The predicted octanol–water partition coefficient (Wildman–Crippen LogP) is 2.18. The monoisotopic (exact) mass is 362 g/mol. The summed E-state index contributed by atoms with van der Waals surface area (Å²) >= 11 is 0. The highest BCUT2D eigenvalue weighted by atomic mass is 16.5. The minimum Gasteiger partial charge on any atom is -0.368 e. The van der Waals surface area contributed by atoms with Crippen molar-refractivity contribution < 1.29 is 9.32 Å². The van der Waals surface area contributed by atoms with Gasteiger partial charge in [-0.25, -0.2) is 9.97 Å². The minimum atomic E-state index is -0.105. The molecule has 0 aliphatic heterocycles. The topological polar surface area (TPSA) is 97.9 Å². The summed E-state index contributed by atoms with van der Waals surface area (Å²) in [4.78, 5) is 20.5. The van der Waals surface area contributed by atoms with Gasteiger partial charge in [-0.15, -0.1) is 0 Å². The molecular formula is C19H18N6O2. The van der Waals surface area contributed by atoms with E-state index in [1.54, 1.807) is 0 Å². The maximum Gasteiger partial charge on any atom is 0.226 e. The van der Waals surface area contributed by atoms with E-state index in [0.29, 0.717) is 30.2 Å². The fourth-order valence-corrected chi connectivity index (χ4v) is 2.74. The Morgan fingerprint density at radius 2 is 1.93 bits per heavy atom. The summed E-state index contributed by atoms with van der Waals surface area (Å²) in [5, 5.41) is 10.9. The Bertz CT molecular complexity index is 1040. The Morgan fingerprint density at radius 3 is 2.81 bits per heavy atom. The molecule has 0 saturated carbocycles. The van der Waals surface area contributed by atoms with E-state index in [2.05, 4.69) is 25.8 Å². The third-order valence-electron chi connectivity index (χ3n) is 4.06. The van der Waals surface area contributed by atoms with Gasteiger partial charge in [-0.05, 0) is 24.3 Å². The van der Waals surface area contributed by atoms with Crippen LogP contribution in [0.2, 0.25) is 0 Å². The summed E-state index contributed by atoms with van der Waals surface area (Å²) < 4.78 is 7.12. The van der Waals surface area contributed by atoms with Crippen molar-refractivity contribution in [1.29, 1.82) is 0 Å². The van der Waals surface area contributed by atoms with Gasteiger partial charge < -0.3 is 19.7 Å². The fourth-order valence-electron chi connectivity index (χ4n) is 2.74. The Balaban J connectivity index is 1.26. The number of anilines is 1. The van der Waals surface area contributed by atoms with Crippen LogP contribution in [0, 0.1) is 0 Å². The fraction of sp³-hybridized carbons (Fsp3) is 0.158. The van der Waals surface area contributed by atoms with Crippen LogP contribution in [0.15, 0.2) is 65.7 Å². The first-order chi connectivity index (χ1) is 13.3. The number of para-hydroxylation sites is 1. The van der Waals surface area contributed by atoms with Crippen LogP contribution < -0.4 is 10.6 Å². The molecule has 0 radical (unpaired) electrons. The number of carbonyl (C=O) groups excluding carboxylic acids is 1. The second-order valence-electron chi connectivity index (χ2n) is 5.93. The Labute approximate surface area is 155 Å². The van der Waals surface area contributed by atoms with Crippen LogP contribution in [0.25, 0.3) is 16.8 Å². The highest BCUT2D eigenvalue weighted by Crippen LogP contribution is 2.17. The first kappa shape index (κ1) is 16.8. The zero-order valence-electron chi connectivity index (χ0n) is 14.5. The van der Waals surface area contributed by atoms with Gasteiger partial charge in [-0.2, -0.15) is 0 Å².